The fourth-order valence-corrected chi connectivity index (χ4v) is 1.06. The molecule has 0 aliphatic heterocycles. The van der Waals surface area contributed by atoms with Crippen molar-refractivity contribution in [3.8, 4) is 0 Å². The van der Waals surface area contributed by atoms with Crippen molar-refractivity contribution in [3.63, 3.8) is 0 Å². The minimum Gasteiger partial charge on any atom is -1.00 e. The average molecular weight is 268 g/mol. The summed E-state index contributed by atoms with van der Waals surface area (Å²) in [6.45, 7) is 0. The Labute approximate surface area is 117 Å². The number of hydrogen-bond donors (Lipinski definition) is 4. The standard InChI is InChI=1S/K.H2O8S2.H2O2.H/c;1-7-10(5,6)8-9(2,3)4;1-2;/h;1H,(H,2,3,4);1-2H;/q+1;;;-1. The van der Waals surface area contributed by atoms with Crippen molar-refractivity contribution >= 4 is 20.8 Å². The van der Waals surface area contributed by atoms with E-state index in [2.05, 4.69) is 7.96 Å². The van der Waals surface area contributed by atoms with Crippen molar-refractivity contribution in [2.75, 3.05) is 0 Å². The molecular weight excluding hydrogens is 263 g/mol. The average Bonchev–Trinajstić information content (AvgIpc) is 1.88. The molecule has 0 atom stereocenters. The molecule has 0 aliphatic carbocycles. The summed E-state index contributed by atoms with van der Waals surface area (Å²) in [7, 11) is -10.2. The minimum atomic E-state index is -5.17. The summed E-state index contributed by atoms with van der Waals surface area (Å²) in [6, 6.07) is 0. The Kier molecular flexibility index (Phi) is 13.1. The first-order valence-corrected chi connectivity index (χ1v) is 4.43. The van der Waals surface area contributed by atoms with Crippen LogP contribution in [0.1, 0.15) is 1.43 Å². The van der Waals surface area contributed by atoms with E-state index in [0.717, 1.165) is 0 Å². The molecule has 10 nitrogen and oxygen atoms in total. The second kappa shape index (κ2) is 8.59. The van der Waals surface area contributed by atoms with Gasteiger partial charge in [-0.05, 0) is 0 Å². The molecule has 0 heterocycles. The van der Waals surface area contributed by atoms with E-state index >= 15 is 0 Å². The molecule has 4 N–H and O–H groups in total. The normalized spacial score (nSPS) is 10.8. The van der Waals surface area contributed by atoms with Crippen LogP contribution in [0.25, 0.3) is 0 Å². The number of hydrogen-bond acceptors (Lipinski definition) is 9. The van der Waals surface area contributed by atoms with Gasteiger partial charge in [0.05, 0.1) is 0 Å². The molecule has 0 radical (unpaired) electrons. The van der Waals surface area contributed by atoms with Crippen molar-refractivity contribution in [2.24, 2.45) is 0 Å². The molecule has 0 bridgehead atoms. The Hall–Kier alpha value is 1.30. The largest absolute Gasteiger partial charge is 1.00 e. The van der Waals surface area contributed by atoms with Crippen molar-refractivity contribution in [2.45, 2.75) is 0 Å². The Morgan fingerprint density at radius 3 is 1.46 bits per heavy atom. The first-order chi connectivity index (χ1) is 5.27. The van der Waals surface area contributed by atoms with E-state index in [9.17, 15) is 16.8 Å². The Morgan fingerprint density at radius 2 is 1.38 bits per heavy atom. The van der Waals surface area contributed by atoms with Crippen molar-refractivity contribution < 1.29 is 97.9 Å². The summed E-state index contributed by atoms with van der Waals surface area (Å²) < 4.78 is 51.7. The van der Waals surface area contributed by atoms with E-state index in [4.69, 9.17) is 20.3 Å². The summed E-state index contributed by atoms with van der Waals surface area (Å²) in [4.78, 5) is 0. The third-order valence-corrected chi connectivity index (χ3v) is 1.80. The first kappa shape index (κ1) is 19.8. The van der Waals surface area contributed by atoms with E-state index in [1.807, 2.05) is 0 Å². The molecule has 0 aromatic heterocycles. The van der Waals surface area contributed by atoms with Gasteiger partial charge in [-0.25, -0.2) is 5.26 Å². The summed E-state index contributed by atoms with van der Waals surface area (Å²) >= 11 is 0. The van der Waals surface area contributed by atoms with Crippen LogP contribution in [-0.4, -0.2) is 37.2 Å². The van der Waals surface area contributed by atoms with Gasteiger partial charge in [0.25, 0.3) is 0 Å². The quantitative estimate of drug-likeness (QED) is 0.170. The minimum absolute atomic E-state index is 0. The molecular formula is H5KO10S2. The molecule has 0 unspecified atom stereocenters. The summed E-state index contributed by atoms with van der Waals surface area (Å²) in [5.41, 5.74) is 0. The zero-order valence-corrected chi connectivity index (χ0v) is 10.8. The molecule has 13 heteroatoms. The van der Waals surface area contributed by atoms with Gasteiger partial charge in [-0.3, -0.25) is 15.1 Å². The predicted molar refractivity (Wildman–Crippen MR) is 31.6 cm³/mol. The van der Waals surface area contributed by atoms with Crippen LogP contribution in [0, 0.1) is 0 Å². The topological polar surface area (TPSA) is 168 Å². The van der Waals surface area contributed by atoms with Crippen LogP contribution in [-0.2, 0) is 28.8 Å². The molecule has 0 aromatic rings. The Bertz CT molecular complexity index is 286. The molecule has 0 aromatic carbocycles. The Balaban J connectivity index is -0.000000117. The maximum absolute atomic E-state index is 9.78. The van der Waals surface area contributed by atoms with Crippen LogP contribution in [0.4, 0.5) is 0 Å². The third-order valence-electron chi connectivity index (χ3n) is 0.261. The van der Waals surface area contributed by atoms with Gasteiger partial charge in [0.1, 0.15) is 0 Å². The van der Waals surface area contributed by atoms with E-state index in [0.29, 0.717) is 0 Å². The fourth-order valence-electron chi connectivity index (χ4n) is 0.118. The second-order valence-electron chi connectivity index (χ2n) is 0.979. The van der Waals surface area contributed by atoms with Crippen LogP contribution < -0.4 is 51.4 Å². The molecule has 0 spiro atoms. The summed E-state index contributed by atoms with van der Waals surface area (Å²) in [6.07, 6.45) is 0. The van der Waals surface area contributed by atoms with Gasteiger partial charge in [-0.2, -0.15) is 16.8 Å². The molecule has 13 heavy (non-hydrogen) atoms. The van der Waals surface area contributed by atoms with E-state index in [1.165, 1.54) is 0 Å². The van der Waals surface area contributed by atoms with E-state index in [1.54, 1.807) is 0 Å². The van der Waals surface area contributed by atoms with Gasteiger partial charge in [0.2, 0.25) is 0 Å². The zero-order chi connectivity index (χ0) is 10.4. The van der Waals surface area contributed by atoms with Crippen molar-refractivity contribution in [3.05, 3.63) is 0 Å². The summed E-state index contributed by atoms with van der Waals surface area (Å²) in [5, 5.41) is 19.4. The van der Waals surface area contributed by atoms with Crippen LogP contribution in [0.15, 0.2) is 0 Å². The van der Waals surface area contributed by atoms with Gasteiger partial charge < -0.3 is 1.43 Å². The van der Waals surface area contributed by atoms with Gasteiger partial charge in [0, 0.05) is 0 Å². The zero-order valence-electron chi connectivity index (χ0n) is 7.05. The predicted octanol–water partition coefficient (Wildman–Crippen LogP) is -4.33. The molecule has 78 valence electrons. The molecule has 0 fully saturated rings. The third kappa shape index (κ3) is 16.0. The maximum Gasteiger partial charge on any atom is 1.00 e. The first-order valence-electron chi connectivity index (χ1n) is 1.73. The second-order valence-corrected chi connectivity index (χ2v) is 3.34. The van der Waals surface area contributed by atoms with Gasteiger partial charge in [-0.15, -0.1) is 0 Å². The fraction of sp³-hybridized carbons (Fsp3) is 0. The summed E-state index contributed by atoms with van der Waals surface area (Å²) in [5.74, 6) is 0. The van der Waals surface area contributed by atoms with Crippen LogP contribution in [0.5, 0.6) is 0 Å². The molecule has 0 saturated heterocycles. The SMILES string of the molecule is O=S(=O)(O)OS(=O)(=O)OO.OO.[H-].[K+]. The molecule has 0 amide bonds. The van der Waals surface area contributed by atoms with Gasteiger partial charge >= 0.3 is 72.2 Å². The molecule has 0 saturated carbocycles. The monoisotopic (exact) mass is 268 g/mol. The molecule has 0 rings (SSSR count). The van der Waals surface area contributed by atoms with Crippen molar-refractivity contribution in [1.82, 2.24) is 0 Å². The van der Waals surface area contributed by atoms with Crippen LogP contribution >= 0.6 is 0 Å². The van der Waals surface area contributed by atoms with Crippen LogP contribution in [0.3, 0.4) is 0 Å². The van der Waals surface area contributed by atoms with Gasteiger partial charge in [0.15, 0.2) is 0 Å². The van der Waals surface area contributed by atoms with Gasteiger partial charge in [-0.1, -0.05) is 7.96 Å². The van der Waals surface area contributed by atoms with E-state index < -0.39 is 20.8 Å². The van der Waals surface area contributed by atoms with Crippen molar-refractivity contribution in [1.29, 1.82) is 0 Å². The molecule has 0 aliphatic rings. The smallest absolute Gasteiger partial charge is 1.00 e. The van der Waals surface area contributed by atoms with E-state index in [-0.39, 0.29) is 52.8 Å². The Morgan fingerprint density at radius 1 is 1.08 bits per heavy atom. The van der Waals surface area contributed by atoms with Crippen LogP contribution in [0.2, 0.25) is 0 Å². The number of rotatable bonds is 3. The maximum atomic E-state index is 9.78.